The first kappa shape index (κ1) is 13.9. The molecule has 102 valence electrons. The quantitative estimate of drug-likeness (QED) is 0.861. The number of hydrogen-bond donors (Lipinski definition) is 1. The first-order valence-corrected chi connectivity index (χ1v) is 6.71. The first-order chi connectivity index (χ1) is 9.04. The highest BCUT2D eigenvalue weighted by Gasteiger charge is 2.36. The van der Waals surface area contributed by atoms with Gasteiger partial charge in [0.25, 0.3) is 5.91 Å². The molecule has 0 aliphatic carbocycles. The van der Waals surface area contributed by atoms with Crippen LogP contribution in [0.1, 0.15) is 43.4 Å². The summed E-state index contributed by atoms with van der Waals surface area (Å²) in [4.78, 5) is 23.6. The minimum Gasteiger partial charge on any atom is -0.447 e. The molecule has 0 spiro atoms. The molecule has 1 amide bonds. The van der Waals surface area contributed by atoms with Crippen molar-refractivity contribution in [3.63, 3.8) is 0 Å². The van der Waals surface area contributed by atoms with E-state index in [2.05, 4.69) is 5.32 Å². The zero-order valence-corrected chi connectivity index (χ0v) is 11.7. The molecule has 4 nitrogen and oxygen atoms in total. The second-order valence-corrected chi connectivity index (χ2v) is 5.02. The van der Waals surface area contributed by atoms with Crippen molar-refractivity contribution in [3.05, 3.63) is 28.3 Å². The number of fused-ring (bicyclic) bond motifs is 1. The Bertz CT molecular complexity index is 528. The maximum atomic E-state index is 11.9. The Morgan fingerprint density at radius 3 is 2.89 bits per heavy atom. The van der Waals surface area contributed by atoms with Crippen molar-refractivity contribution >= 4 is 29.2 Å². The summed E-state index contributed by atoms with van der Waals surface area (Å²) in [7, 11) is 0. The van der Waals surface area contributed by atoms with Crippen molar-refractivity contribution in [2.24, 2.45) is 0 Å². The summed E-state index contributed by atoms with van der Waals surface area (Å²) >= 11 is 6.11. The van der Waals surface area contributed by atoms with Gasteiger partial charge in [-0.3, -0.25) is 9.59 Å². The van der Waals surface area contributed by atoms with Gasteiger partial charge < -0.3 is 10.1 Å². The highest BCUT2D eigenvalue weighted by atomic mass is 35.5. The number of carbonyl (C=O) groups excluding carboxylic acids is 2. The summed E-state index contributed by atoms with van der Waals surface area (Å²) in [5.74, 6) is -0.705. The average Bonchev–Trinajstić information content (AvgIpc) is 2.70. The molecule has 1 aromatic carbocycles. The number of amides is 1. The summed E-state index contributed by atoms with van der Waals surface area (Å²) in [5.41, 5.74) is 2.13. The third kappa shape index (κ3) is 2.73. The number of nitrogens with one attached hydrogen (secondary N) is 1. The Morgan fingerprint density at radius 1 is 1.47 bits per heavy atom. The van der Waals surface area contributed by atoms with Gasteiger partial charge >= 0.3 is 5.97 Å². The second kappa shape index (κ2) is 5.61. The van der Waals surface area contributed by atoms with Crippen LogP contribution in [0.5, 0.6) is 0 Å². The highest BCUT2D eigenvalue weighted by molar-refractivity contribution is 6.32. The number of benzene rings is 1. The highest BCUT2D eigenvalue weighted by Crippen LogP contribution is 2.40. The summed E-state index contributed by atoms with van der Waals surface area (Å²) < 4.78 is 5.25. The van der Waals surface area contributed by atoms with Crippen LogP contribution in [0.2, 0.25) is 5.02 Å². The molecule has 0 fully saturated rings. The Hall–Kier alpha value is -1.55. The van der Waals surface area contributed by atoms with Crippen LogP contribution in [0.4, 0.5) is 5.69 Å². The minimum atomic E-state index is -0.924. The Morgan fingerprint density at radius 2 is 2.21 bits per heavy atom. The molecule has 0 radical (unpaired) electrons. The zero-order valence-electron chi connectivity index (χ0n) is 11.0. The number of esters is 1. The fourth-order valence-corrected chi connectivity index (χ4v) is 2.33. The lowest BCUT2D eigenvalue weighted by molar-refractivity contribution is -0.154. The van der Waals surface area contributed by atoms with Gasteiger partial charge in [0.15, 0.2) is 0 Å². The molecule has 5 heteroatoms. The largest absolute Gasteiger partial charge is 0.447 e. The maximum absolute atomic E-state index is 11.9. The number of halogens is 1. The van der Waals surface area contributed by atoms with Gasteiger partial charge in [0.2, 0.25) is 6.10 Å². The van der Waals surface area contributed by atoms with Gasteiger partial charge in [0.05, 0.1) is 10.7 Å². The molecule has 1 N–H and O–H groups in total. The summed E-state index contributed by atoms with van der Waals surface area (Å²) in [6.07, 6.45) is 1.05. The van der Waals surface area contributed by atoms with Crippen molar-refractivity contribution in [1.29, 1.82) is 0 Å². The van der Waals surface area contributed by atoms with Crippen LogP contribution >= 0.6 is 11.6 Å². The van der Waals surface area contributed by atoms with E-state index < -0.39 is 6.10 Å². The molecule has 1 heterocycles. The van der Waals surface area contributed by atoms with E-state index in [4.69, 9.17) is 16.3 Å². The van der Waals surface area contributed by atoms with Gasteiger partial charge in [0.1, 0.15) is 0 Å². The Kier molecular flexibility index (Phi) is 4.10. The average molecular weight is 282 g/mol. The second-order valence-electron chi connectivity index (χ2n) is 4.62. The van der Waals surface area contributed by atoms with E-state index >= 15 is 0 Å². The van der Waals surface area contributed by atoms with Crippen molar-refractivity contribution in [3.8, 4) is 0 Å². The number of hydrogen-bond acceptors (Lipinski definition) is 3. The van der Waals surface area contributed by atoms with Crippen molar-refractivity contribution in [2.45, 2.75) is 39.2 Å². The van der Waals surface area contributed by atoms with Crippen LogP contribution in [0.3, 0.4) is 0 Å². The predicted octanol–water partition coefficient (Wildman–Crippen LogP) is 3.38. The third-order valence-electron chi connectivity index (χ3n) is 3.13. The first-order valence-electron chi connectivity index (χ1n) is 6.34. The smallest absolute Gasteiger partial charge is 0.306 e. The fourth-order valence-electron chi connectivity index (χ4n) is 2.07. The minimum absolute atomic E-state index is 0.319. The molecule has 0 saturated carbocycles. The lowest BCUT2D eigenvalue weighted by Crippen LogP contribution is -2.18. The summed E-state index contributed by atoms with van der Waals surface area (Å²) in [6.45, 7) is 3.86. The van der Waals surface area contributed by atoms with Crippen LogP contribution in [0.15, 0.2) is 12.1 Å². The lowest BCUT2D eigenvalue weighted by atomic mass is 10.1. The normalized spacial score (nSPS) is 17.0. The van der Waals surface area contributed by atoms with Crippen LogP contribution in [0, 0.1) is 6.92 Å². The SMILES string of the molecule is CCCCC(=O)OC1C(=O)Nc2c(C)ccc(Cl)c21. The Balaban J connectivity index is 2.23. The van der Waals surface area contributed by atoms with Crippen LogP contribution in [-0.2, 0) is 14.3 Å². The van der Waals surface area contributed by atoms with E-state index in [1.165, 1.54) is 0 Å². The summed E-state index contributed by atoms with van der Waals surface area (Å²) in [6, 6.07) is 3.53. The van der Waals surface area contributed by atoms with Gasteiger partial charge in [-0.25, -0.2) is 0 Å². The molecule has 1 unspecified atom stereocenters. The van der Waals surface area contributed by atoms with E-state index in [1.54, 1.807) is 6.07 Å². The van der Waals surface area contributed by atoms with E-state index in [1.807, 2.05) is 19.9 Å². The number of ether oxygens (including phenoxy) is 1. The van der Waals surface area contributed by atoms with E-state index in [-0.39, 0.29) is 11.9 Å². The summed E-state index contributed by atoms with van der Waals surface area (Å²) in [5, 5.41) is 3.15. The van der Waals surface area contributed by atoms with Crippen LogP contribution in [-0.4, -0.2) is 11.9 Å². The van der Waals surface area contributed by atoms with Gasteiger partial charge in [-0.15, -0.1) is 0 Å². The zero-order chi connectivity index (χ0) is 14.0. The van der Waals surface area contributed by atoms with Crippen molar-refractivity contribution in [1.82, 2.24) is 0 Å². The molecular weight excluding hydrogens is 266 g/mol. The molecule has 1 aliphatic heterocycles. The van der Waals surface area contributed by atoms with Gasteiger partial charge in [-0.1, -0.05) is 31.0 Å². The molecule has 0 aromatic heterocycles. The molecule has 0 bridgehead atoms. The van der Waals surface area contributed by atoms with Gasteiger partial charge in [0, 0.05) is 12.0 Å². The molecule has 1 atom stereocenters. The monoisotopic (exact) mass is 281 g/mol. The third-order valence-corrected chi connectivity index (χ3v) is 3.46. The predicted molar refractivity (Wildman–Crippen MR) is 73.2 cm³/mol. The Labute approximate surface area is 117 Å². The van der Waals surface area contributed by atoms with E-state index in [0.717, 1.165) is 18.4 Å². The van der Waals surface area contributed by atoms with Gasteiger partial charge in [-0.2, -0.15) is 0 Å². The van der Waals surface area contributed by atoms with Crippen LogP contribution in [0.25, 0.3) is 0 Å². The molecule has 1 aromatic rings. The van der Waals surface area contributed by atoms with Crippen molar-refractivity contribution in [2.75, 3.05) is 5.32 Å². The molecular formula is C14H16ClNO3. The van der Waals surface area contributed by atoms with Gasteiger partial charge in [-0.05, 0) is 25.0 Å². The number of anilines is 1. The van der Waals surface area contributed by atoms with Crippen molar-refractivity contribution < 1.29 is 14.3 Å². The standard InChI is InChI=1S/C14H16ClNO3/c1-3-4-5-10(17)19-13-11-9(15)7-6-8(2)12(11)16-14(13)18/h6-7,13H,3-5H2,1-2H3,(H,16,18). The topological polar surface area (TPSA) is 55.4 Å². The molecule has 19 heavy (non-hydrogen) atoms. The number of unbranched alkanes of at least 4 members (excludes halogenated alkanes) is 1. The number of rotatable bonds is 4. The molecule has 1 aliphatic rings. The number of carbonyl (C=O) groups is 2. The van der Waals surface area contributed by atoms with Crippen LogP contribution < -0.4 is 5.32 Å². The molecule has 2 rings (SSSR count). The fraction of sp³-hybridized carbons (Fsp3) is 0.429. The number of aryl methyl sites for hydroxylation is 1. The van der Waals surface area contributed by atoms with E-state index in [0.29, 0.717) is 22.7 Å². The maximum Gasteiger partial charge on any atom is 0.306 e. The molecule has 0 saturated heterocycles. The van der Waals surface area contributed by atoms with E-state index in [9.17, 15) is 9.59 Å². The lowest BCUT2D eigenvalue weighted by Gasteiger charge is -2.12.